The molecule has 1 aliphatic heterocycles. The molecule has 0 saturated heterocycles. The van der Waals surface area contributed by atoms with Gasteiger partial charge in [0.2, 0.25) is 0 Å². The highest BCUT2D eigenvalue weighted by atomic mass is 79.9. The van der Waals surface area contributed by atoms with Crippen molar-refractivity contribution >= 4 is 27.5 Å². The number of rotatable bonds is 3. The molecule has 1 aliphatic rings. The molecule has 0 aliphatic carbocycles. The molecule has 4 heteroatoms. The number of hydrogen-bond donors (Lipinski definition) is 1. The fourth-order valence-corrected chi connectivity index (χ4v) is 3.72. The van der Waals surface area contributed by atoms with Gasteiger partial charge in [0.05, 0.1) is 18.8 Å². The van der Waals surface area contributed by atoms with Crippen LogP contribution in [0.5, 0.6) is 0 Å². The van der Waals surface area contributed by atoms with E-state index in [-0.39, 0.29) is 6.10 Å². The van der Waals surface area contributed by atoms with E-state index in [1.165, 1.54) is 11.1 Å². The molecule has 21 heavy (non-hydrogen) atoms. The third-order valence-electron chi connectivity index (χ3n) is 3.85. The average Bonchev–Trinajstić information content (AvgIpc) is 2.47. The predicted octanol–water partition coefficient (Wildman–Crippen LogP) is 4.84. The molecule has 1 heterocycles. The normalized spacial score (nSPS) is 19.1. The van der Waals surface area contributed by atoms with Gasteiger partial charge in [0, 0.05) is 15.9 Å². The van der Waals surface area contributed by atoms with Crippen LogP contribution in [0.1, 0.15) is 35.3 Å². The molecular weight excluding hydrogens is 352 g/mol. The van der Waals surface area contributed by atoms with Crippen LogP contribution in [0.25, 0.3) is 0 Å². The maximum Gasteiger partial charge on any atom is 0.0855 e. The number of aliphatic hydroxyl groups excluding tert-OH is 1. The summed E-state index contributed by atoms with van der Waals surface area (Å²) >= 11 is 9.40. The zero-order chi connectivity index (χ0) is 14.8. The van der Waals surface area contributed by atoms with Crippen molar-refractivity contribution in [2.75, 3.05) is 6.61 Å². The van der Waals surface area contributed by atoms with Crippen LogP contribution in [0.3, 0.4) is 0 Å². The second kappa shape index (κ2) is 6.49. The Bertz CT molecular complexity index is 644. The molecule has 2 atom stereocenters. The Morgan fingerprint density at radius 3 is 2.90 bits per heavy atom. The van der Waals surface area contributed by atoms with Crippen LogP contribution in [0.2, 0.25) is 5.02 Å². The maximum atomic E-state index is 10.5. The summed E-state index contributed by atoms with van der Waals surface area (Å²) in [4.78, 5) is 0. The molecule has 2 nitrogen and oxygen atoms in total. The number of ether oxygens (including phenoxy) is 1. The summed E-state index contributed by atoms with van der Waals surface area (Å²) in [6.45, 7) is 0.705. The van der Waals surface area contributed by atoms with Crippen LogP contribution < -0.4 is 0 Å². The Hall–Kier alpha value is -0.870. The zero-order valence-electron chi connectivity index (χ0n) is 11.4. The molecule has 0 saturated carbocycles. The number of fused-ring (bicyclic) bond motifs is 1. The van der Waals surface area contributed by atoms with Gasteiger partial charge in [-0.3, -0.25) is 0 Å². The van der Waals surface area contributed by atoms with Gasteiger partial charge in [0.1, 0.15) is 0 Å². The largest absolute Gasteiger partial charge is 0.388 e. The molecule has 110 valence electrons. The summed E-state index contributed by atoms with van der Waals surface area (Å²) in [7, 11) is 0. The van der Waals surface area contributed by atoms with Crippen LogP contribution in [-0.4, -0.2) is 11.7 Å². The third-order valence-corrected chi connectivity index (χ3v) is 4.77. The van der Waals surface area contributed by atoms with E-state index >= 15 is 0 Å². The smallest absolute Gasteiger partial charge is 0.0855 e. The minimum atomic E-state index is -0.590. The van der Waals surface area contributed by atoms with Crippen molar-refractivity contribution < 1.29 is 9.84 Å². The molecule has 2 aromatic rings. The summed E-state index contributed by atoms with van der Waals surface area (Å²) in [5.41, 5.74) is 3.34. The lowest BCUT2D eigenvalue weighted by molar-refractivity contribution is 0.00362. The van der Waals surface area contributed by atoms with Crippen molar-refractivity contribution in [2.45, 2.75) is 25.0 Å². The highest BCUT2D eigenvalue weighted by Crippen LogP contribution is 2.36. The molecule has 2 aromatic carbocycles. The van der Waals surface area contributed by atoms with Gasteiger partial charge < -0.3 is 9.84 Å². The van der Waals surface area contributed by atoms with Gasteiger partial charge >= 0.3 is 0 Å². The lowest BCUT2D eigenvalue weighted by Crippen LogP contribution is -2.18. The first-order valence-electron chi connectivity index (χ1n) is 6.97. The van der Waals surface area contributed by atoms with Gasteiger partial charge in [-0.15, -0.1) is 0 Å². The van der Waals surface area contributed by atoms with Crippen molar-refractivity contribution in [3.63, 3.8) is 0 Å². The first-order chi connectivity index (χ1) is 10.1. The first-order valence-corrected chi connectivity index (χ1v) is 8.14. The van der Waals surface area contributed by atoms with E-state index in [4.69, 9.17) is 16.3 Å². The molecule has 0 radical (unpaired) electrons. The molecule has 0 fully saturated rings. The lowest BCUT2D eigenvalue weighted by Gasteiger charge is -2.28. The topological polar surface area (TPSA) is 29.5 Å². The second-order valence-electron chi connectivity index (χ2n) is 5.23. The van der Waals surface area contributed by atoms with Gasteiger partial charge in [0.25, 0.3) is 0 Å². The predicted molar refractivity (Wildman–Crippen MR) is 87.6 cm³/mol. The standard InChI is InChI=1S/C17H16BrClO2/c18-15-9-12(19)5-6-14(15)16(20)10-17-13-4-2-1-3-11(13)7-8-21-17/h1-6,9,16-17,20H,7-8,10H2. The molecular formula is C17H16BrClO2. The van der Waals surface area contributed by atoms with Crippen LogP contribution in [0, 0.1) is 0 Å². The monoisotopic (exact) mass is 366 g/mol. The zero-order valence-corrected chi connectivity index (χ0v) is 13.8. The number of halogens is 2. The van der Waals surface area contributed by atoms with Crippen LogP contribution in [0.4, 0.5) is 0 Å². The van der Waals surface area contributed by atoms with Crippen LogP contribution in [-0.2, 0) is 11.2 Å². The van der Waals surface area contributed by atoms with Crippen LogP contribution >= 0.6 is 27.5 Å². The molecule has 0 amide bonds. The first kappa shape index (κ1) is 15.0. The Kier molecular flexibility index (Phi) is 4.65. The number of benzene rings is 2. The lowest BCUT2D eigenvalue weighted by atomic mass is 9.92. The summed E-state index contributed by atoms with van der Waals surface area (Å²) in [6, 6.07) is 13.7. The summed E-state index contributed by atoms with van der Waals surface area (Å²) < 4.78 is 6.68. The van der Waals surface area contributed by atoms with Gasteiger partial charge in [0.15, 0.2) is 0 Å². The minimum absolute atomic E-state index is 0.0625. The molecule has 0 bridgehead atoms. The number of hydrogen-bond acceptors (Lipinski definition) is 2. The Morgan fingerprint density at radius 2 is 2.10 bits per heavy atom. The van der Waals surface area contributed by atoms with E-state index in [1.807, 2.05) is 18.2 Å². The minimum Gasteiger partial charge on any atom is -0.388 e. The van der Waals surface area contributed by atoms with Crippen molar-refractivity contribution in [2.24, 2.45) is 0 Å². The van der Waals surface area contributed by atoms with Crippen LogP contribution in [0.15, 0.2) is 46.9 Å². The number of aliphatic hydroxyl groups is 1. The molecule has 0 aromatic heterocycles. The highest BCUT2D eigenvalue weighted by Gasteiger charge is 2.24. The Balaban J connectivity index is 1.81. The van der Waals surface area contributed by atoms with Crippen molar-refractivity contribution in [1.29, 1.82) is 0 Å². The van der Waals surface area contributed by atoms with Crippen molar-refractivity contribution in [3.8, 4) is 0 Å². The van der Waals surface area contributed by atoms with E-state index in [0.29, 0.717) is 18.1 Å². The van der Waals surface area contributed by atoms with E-state index in [1.54, 1.807) is 12.1 Å². The average molecular weight is 368 g/mol. The summed E-state index contributed by atoms with van der Waals surface area (Å²) in [6.07, 6.45) is 0.824. The molecule has 0 spiro atoms. The van der Waals surface area contributed by atoms with E-state index in [9.17, 15) is 5.11 Å². The maximum absolute atomic E-state index is 10.5. The Labute approximate surface area is 137 Å². The van der Waals surface area contributed by atoms with Gasteiger partial charge in [-0.05, 0) is 35.2 Å². The third kappa shape index (κ3) is 3.32. The van der Waals surface area contributed by atoms with E-state index in [0.717, 1.165) is 16.5 Å². The fourth-order valence-electron chi connectivity index (χ4n) is 2.77. The van der Waals surface area contributed by atoms with Crippen molar-refractivity contribution in [3.05, 3.63) is 68.7 Å². The Morgan fingerprint density at radius 1 is 1.29 bits per heavy atom. The second-order valence-corrected chi connectivity index (χ2v) is 6.52. The SMILES string of the molecule is OC(CC1OCCc2ccccc21)c1ccc(Cl)cc1Br. The van der Waals surface area contributed by atoms with Gasteiger partial charge in [-0.2, -0.15) is 0 Å². The molecule has 2 unspecified atom stereocenters. The quantitative estimate of drug-likeness (QED) is 0.841. The van der Waals surface area contributed by atoms with E-state index < -0.39 is 6.10 Å². The fraction of sp³-hybridized carbons (Fsp3) is 0.294. The molecule has 3 rings (SSSR count). The highest BCUT2D eigenvalue weighted by molar-refractivity contribution is 9.10. The van der Waals surface area contributed by atoms with Gasteiger partial charge in [-0.1, -0.05) is 57.9 Å². The van der Waals surface area contributed by atoms with Crippen molar-refractivity contribution in [1.82, 2.24) is 0 Å². The van der Waals surface area contributed by atoms with E-state index in [2.05, 4.69) is 28.1 Å². The van der Waals surface area contributed by atoms with Gasteiger partial charge in [-0.25, -0.2) is 0 Å². The molecule has 1 N–H and O–H groups in total. The summed E-state index contributed by atoms with van der Waals surface area (Å²) in [5, 5.41) is 11.2. The summed E-state index contributed by atoms with van der Waals surface area (Å²) in [5.74, 6) is 0.